The van der Waals surface area contributed by atoms with E-state index in [1.54, 1.807) is 12.1 Å². The van der Waals surface area contributed by atoms with Crippen LogP contribution >= 0.6 is 12.4 Å². The van der Waals surface area contributed by atoms with Crippen LogP contribution in [-0.4, -0.2) is 16.9 Å². The van der Waals surface area contributed by atoms with Crippen molar-refractivity contribution in [3.05, 3.63) is 18.3 Å². The second kappa shape index (κ2) is 3.75. The summed E-state index contributed by atoms with van der Waals surface area (Å²) in [6.07, 6.45) is 1.48. The lowest BCUT2D eigenvalue weighted by atomic mass is 10.2. The molecule has 4 nitrogen and oxygen atoms in total. The molecular weight excluding hydrogens is 202 g/mol. The average molecular weight is 217 g/mol. The second-order valence-electron chi connectivity index (χ2n) is 2.68. The lowest BCUT2D eigenvalue weighted by Crippen LogP contribution is -1.96. The number of hydrogen-bond acceptors (Lipinski definition) is 3. The molecule has 0 bridgehead atoms. The SMILES string of the molecule is Cl.[2H]C([2H])([2H])n1ncc2ccc(N)c(OC)c21. The molecule has 0 spiro atoms. The minimum atomic E-state index is -2.34. The summed E-state index contributed by atoms with van der Waals surface area (Å²) >= 11 is 0. The largest absolute Gasteiger partial charge is 0.492 e. The van der Waals surface area contributed by atoms with Crippen LogP contribution in [-0.2, 0) is 6.98 Å². The third-order valence-corrected chi connectivity index (χ3v) is 1.92. The summed E-state index contributed by atoms with van der Waals surface area (Å²) in [5.41, 5.74) is 6.50. The van der Waals surface area contributed by atoms with Gasteiger partial charge in [-0.3, -0.25) is 4.68 Å². The molecule has 76 valence electrons. The molecule has 1 aromatic carbocycles. The Bertz CT molecular complexity index is 538. The van der Waals surface area contributed by atoms with Gasteiger partial charge < -0.3 is 10.5 Å². The van der Waals surface area contributed by atoms with Crippen molar-refractivity contribution >= 4 is 29.0 Å². The van der Waals surface area contributed by atoms with Gasteiger partial charge in [-0.25, -0.2) is 0 Å². The molecule has 0 amide bonds. The minimum absolute atomic E-state index is 0. The third kappa shape index (κ3) is 1.37. The van der Waals surface area contributed by atoms with E-state index in [0.717, 1.165) is 4.68 Å². The van der Waals surface area contributed by atoms with Crippen LogP contribution in [0.2, 0.25) is 0 Å². The molecule has 14 heavy (non-hydrogen) atoms. The van der Waals surface area contributed by atoms with Crippen LogP contribution in [0.1, 0.15) is 4.11 Å². The number of ether oxygens (including phenoxy) is 1. The maximum absolute atomic E-state index is 7.35. The van der Waals surface area contributed by atoms with Crippen molar-refractivity contribution in [1.29, 1.82) is 0 Å². The maximum atomic E-state index is 7.35. The van der Waals surface area contributed by atoms with Crippen LogP contribution in [0.25, 0.3) is 10.9 Å². The summed E-state index contributed by atoms with van der Waals surface area (Å²) < 4.78 is 28.1. The fourth-order valence-corrected chi connectivity index (χ4v) is 1.32. The number of nitrogen functional groups attached to an aromatic ring is 1. The van der Waals surface area contributed by atoms with Crippen LogP contribution < -0.4 is 10.5 Å². The van der Waals surface area contributed by atoms with Gasteiger partial charge in [0.15, 0.2) is 5.75 Å². The summed E-state index contributed by atoms with van der Waals surface area (Å²) in [4.78, 5) is 0. The summed E-state index contributed by atoms with van der Waals surface area (Å²) in [5.74, 6) is 0.339. The van der Waals surface area contributed by atoms with E-state index < -0.39 is 6.98 Å². The highest BCUT2D eigenvalue weighted by atomic mass is 35.5. The Kier molecular flexibility index (Phi) is 1.86. The molecule has 2 aromatic rings. The number of benzene rings is 1. The maximum Gasteiger partial charge on any atom is 0.167 e. The highest BCUT2D eigenvalue weighted by Crippen LogP contribution is 2.30. The molecule has 1 aromatic heterocycles. The van der Waals surface area contributed by atoms with Crippen LogP contribution in [0.15, 0.2) is 18.3 Å². The highest BCUT2D eigenvalue weighted by molar-refractivity contribution is 5.89. The van der Waals surface area contributed by atoms with Crippen molar-refractivity contribution in [1.82, 2.24) is 9.78 Å². The minimum Gasteiger partial charge on any atom is -0.492 e. The highest BCUT2D eigenvalue weighted by Gasteiger charge is 2.08. The van der Waals surface area contributed by atoms with Gasteiger partial charge in [-0.15, -0.1) is 12.4 Å². The van der Waals surface area contributed by atoms with Gasteiger partial charge in [-0.05, 0) is 12.1 Å². The molecule has 5 heteroatoms. The third-order valence-electron chi connectivity index (χ3n) is 1.92. The lowest BCUT2D eigenvalue weighted by molar-refractivity contribution is 0.419. The van der Waals surface area contributed by atoms with Crippen molar-refractivity contribution in [2.24, 2.45) is 6.98 Å². The van der Waals surface area contributed by atoms with Gasteiger partial charge in [0.2, 0.25) is 0 Å². The first-order chi connectivity index (χ1) is 7.45. The zero-order chi connectivity index (χ0) is 11.9. The number of nitrogens with zero attached hydrogens (tertiary/aromatic N) is 2. The van der Waals surface area contributed by atoms with Gasteiger partial charge in [-0.2, -0.15) is 5.10 Å². The van der Waals surface area contributed by atoms with E-state index >= 15 is 0 Å². The first-order valence-corrected chi connectivity index (χ1v) is 3.76. The van der Waals surface area contributed by atoms with E-state index in [9.17, 15) is 0 Å². The van der Waals surface area contributed by atoms with Gasteiger partial charge in [0.1, 0.15) is 5.52 Å². The first-order valence-electron chi connectivity index (χ1n) is 5.26. The number of methoxy groups -OCH3 is 1. The molecule has 0 atom stereocenters. The number of halogens is 1. The summed E-state index contributed by atoms with van der Waals surface area (Å²) in [6, 6.07) is 3.37. The fourth-order valence-electron chi connectivity index (χ4n) is 1.32. The number of nitrogens with two attached hydrogens (primary N) is 1. The summed E-state index contributed by atoms with van der Waals surface area (Å²) in [5, 5.41) is 4.52. The Hall–Kier alpha value is -1.42. The van der Waals surface area contributed by atoms with Gasteiger partial charge in [0, 0.05) is 16.5 Å². The van der Waals surface area contributed by atoms with Gasteiger partial charge >= 0.3 is 0 Å². The molecular formula is C9H12ClN3O. The van der Waals surface area contributed by atoms with Crippen molar-refractivity contribution in [2.45, 2.75) is 0 Å². The Labute approximate surface area is 92.3 Å². The first kappa shape index (κ1) is 6.95. The molecule has 0 aliphatic rings. The number of anilines is 1. The number of rotatable bonds is 1. The van der Waals surface area contributed by atoms with Crippen molar-refractivity contribution < 1.29 is 8.85 Å². The van der Waals surface area contributed by atoms with E-state index in [0.29, 0.717) is 22.3 Å². The predicted molar refractivity (Wildman–Crippen MR) is 58.9 cm³/mol. The number of aromatic nitrogens is 2. The van der Waals surface area contributed by atoms with Gasteiger partial charge in [0.25, 0.3) is 0 Å². The fraction of sp³-hybridized carbons (Fsp3) is 0.222. The monoisotopic (exact) mass is 216 g/mol. The number of aryl methyl sites for hydroxylation is 1. The molecule has 0 saturated heterocycles. The smallest absolute Gasteiger partial charge is 0.167 e. The second-order valence-corrected chi connectivity index (χ2v) is 2.68. The van der Waals surface area contributed by atoms with Gasteiger partial charge in [0.05, 0.1) is 19.0 Å². The van der Waals surface area contributed by atoms with E-state index in [1.165, 1.54) is 13.3 Å². The number of hydrogen-bond donors (Lipinski definition) is 1. The van der Waals surface area contributed by atoms with Crippen molar-refractivity contribution in [2.75, 3.05) is 12.8 Å². The van der Waals surface area contributed by atoms with Crippen molar-refractivity contribution in [3.63, 3.8) is 0 Å². The number of fused-ring (bicyclic) bond motifs is 1. The average Bonchev–Trinajstić information content (AvgIpc) is 2.60. The van der Waals surface area contributed by atoms with Crippen LogP contribution in [0, 0.1) is 0 Å². The quantitative estimate of drug-likeness (QED) is 0.737. The Morgan fingerprint density at radius 3 is 3.00 bits per heavy atom. The Morgan fingerprint density at radius 1 is 1.57 bits per heavy atom. The van der Waals surface area contributed by atoms with Crippen LogP contribution in [0.4, 0.5) is 5.69 Å². The van der Waals surface area contributed by atoms with E-state index in [1.807, 2.05) is 0 Å². The van der Waals surface area contributed by atoms with Gasteiger partial charge in [-0.1, -0.05) is 0 Å². The normalized spacial score (nSPS) is 13.9. The molecule has 0 aliphatic heterocycles. The molecule has 0 aliphatic carbocycles. The zero-order valence-corrected chi connectivity index (χ0v) is 8.34. The topological polar surface area (TPSA) is 53.1 Å². The molecule has 0 saturated carbocycles. The predicted octanol–water partition coefficient (Wildman–Crippen LogP) is 1.59. The van der Waals surface area contributed by atoms with E-state index in [2.05, 4.69) is 5.10 Å². The molecule has 0 radical (unpaired) electrons. The summed E-state index contributed by atoms with van der Waals surface area (Å²) in [6.45, 7) is -2.34. The van der Waals surface area contributed by atoms with E-state index in [4.69, 9.17) is 14.6 Å². The zero-order valence-electron chi connectivity index (χ0n) is 10.5. The molecule has 1 heterocycles. The Morgan fingerprint density at radius 2 is 2.36 bits per heavy atom. The van der Waals surface area contributed by atoms with Crippen molar-refractivity contribution in [3.8, 4) is 5.75 Å². The van der Waals surface area contributed by atoms with Crippen LogP contribution in [0.5, 0.6) is 5.75 Å². The lowest BCUT2D eigenvalue weighted by Gasteiger charge is -2.06. The standard InChI is InChI=1S/C9H11N3O.ClH/c1-12-8-6(5-11-12)3-4-7(10)9(8)13-2;/h3-5H,10H2,1-2H3;1H/i1D3;. The molecule has 2 rings (SSSR count). The van der Waals surface area contributed by atoms with E-state index in [-0.39, 0.29) is 12.4 Å². The molecule has 0 fully saturated rings. The molecule has 2 N–H and O–H groups in total. The van der Waals surface area contributed by atoms with Crippen LogP contribution in [0.3, 0.4) is 0 Å². The Balaban J connectivity index is 0.00000144. The summed E-state index contributed by atoms with van der Waals surface area (Å²) in [7, 11) is 1.45. The molecule has 0 unspecified atom stereocenters.